The van der Waals surface area contributed by atoms with Crippen LogP contribution in [0.1, 0.15) is 93.9 Å². The Morgan fingerprint density at radius 1 is 1.04 bits per heavy atom. The summed E-state index contributed by atoms with van der Waals surface area (Å²) in [6, 6.07) is 4.18. The lowest BCUT2D eigenvalue weighted by Crippen LogP contribution is -2.52. The van der Waals surface area contributed by atoms with Crippen LogP contribution in [0.2, 0.25) is 0 Å². The van der Waals surface area contributed by atoms with Gasteiger partial charge < -0.3 is 5.32 Å². The van der Waals surface area contributed by atoms with Crippen LogP contribution < -0.4 is 5.32 Å². The fourth-order valence-electron chi connectivity index (χ4n) is 5.65. The number of carbonyl (C=O) groups is 1. The molecule has 2 unspecified atom stereocenters. The highest BCUT2D eigenvalue weighted by atomic mass is 16.2. The Morgan fingerprint density at radius 3 is 2.30 bits per heavy atom. The molecule has 1 heterocycles. The first-order valence-electron chi connectivity index (χ1n) is 9.99. The molecule has 0 aliphatic heterocycles. The SMILES string of the molecule is CC1(C)C2CCC1(C(=O)NC1CCCCCC1)c1nc(C#N)c(C#N)nc12. The Bertz CT molecular complexity index is 870. The third-order valence-corrected chi connectivity index (χ3v) is 7.23. The summed E-state index contributed by atoms with van der Waals surface area (Å²) < 4.78 is 0. The first-order chi connectivity index (χ1) is 13.0. The third kappa shape index (κ3) is 2.39. The molecule has 4 rings (SSSR count). The van der Waals surface area contributed by atoms with Gasteiger partial charge in [-0.3, -0.25) is 4.79 Å². The molecule has 27 heavy (non-hydrogen) atoms. The number of nitrogens with one attached hydrogen (secondary N) is 1. The molecule has 2 atom stereocenters. The molecule has 1 amide bonds. The summed E-state index contributed by atoms with van der Waals surface area (Å²) in [6.07, 6.45) is 8.44. The maximum Gasteiger partial charge on any atom is 0.233 e. The fourth-order valence-corrected chi connectivity index (χ4v) is 5.65. The number of aromatic nitrogens is 2. The van der Waals surface area contributed by atoms with E-state index in [2.05, 4.69) is 29.1 Å². The van der Waals surface area contributed by atoms with Gasteiger partial charge in [-0.15, -0.1) is 0 Å². The second-order valence-electron chi connectivity index (χ2n) is 8.76. The quantitative estimate of drug-likeness (QED) is 0.813. The summed E-state index contributed by atoms with van der Waals surface area (Å²) in [5.74, 6) is 0.128. The van der Waals surface area contributed by atoms with Gasteiger partial charge in [0.25, 0.3) is 0 Å². The number of amides is 1. The largest absolute Gasteiger partial charge is 0.353 e. The normalized spacial score (nSPS) is 28.7. The van der Waals surface area contributed by atoms with Crippen LogP contribution in [0.4, 0.5) is 0 Å². The van der Waals surface area contributed by atoms with Crippen LogP contribution in [-0.4, -0.2) is 21.9 Å². The molecule has 1 N–H and O–H groups in total. The number of hydrogen-bond acceptors (Lipinski definition) is 5. The van der Waals surface area contributed by atoms with Crippen molar-refractivity contribution in [2.75, 3.05) is 0 Å². The molecule has 6 nitrogen and oxygen atoms in total. The van der Waals surface area contributed by atoms with Crippen LogP contribution in [-0.2, 0) is 10.2 Å². The summed E-state index contributed by atoms with van der Waals surface area (Å²) >= 11 is 0. The molecule has 3 aliphatic rings. The van der Waals surface area contributed by atoms with Gasteiger partial charge in [0, 0.05) is 12.0 Å². The van der Waals surface area contributed by atoms with Gasteiger partial charge in [-0.05, 0) is 31.1 Å². The van der Waals surface area contributed by atoms with Crippen molar-refractivity contribution < 1.29 is 4.79 Å². The van der Waals surface area contributed by atoms with E-state index >= 15 is 0 Å². The average Bonchev–Trinajstić information content (AvgIpc) is 2.89. The number of fused-ring (bicyclic) bond motifs is 5. The van der Waals surface area contributed by atoms with E-state index in [1.807, 2.05) is 12.1 Å². The van der Waals surface area contributed by atoms with E-state index in [-0.39, 0.29) is 34.7 Å². The zero-order chi connectivity index (χ0) is 19.2. The number of nitriles is 2. The maximum atomic E-state index is 13.6. The fraction of sp³-hybridized carbons (Fsp3) is 0.667. The minimum absolute atomic E-state index is 0.0289. The van der Waals surface area contributed by atoms with Crippen molar-refractivity contribution in [1.82, 2.24) is 15.3 Å². The Hall–Kier alpha value is -2.47. The molecular formula is C21H25N5O. The topological polar surface area (TPSA) is 102 Å². The highest BCUT2D eigenvalue weighted by Gasteiger charge is 2.68. The summed E-state index contributed by atoms with van der Waals surface area (Å²) in [5, 5.41) is 22.0. The van der Waals surface area contributed by atoms with Gasteiger partial charge in [-0.2, -0.15) is 10.5 Å². The van der Waals surface area contributed by atoms with E-state index in [9.17, 15) is 15.3 Å². The van der Waals surface area contributed by atoms with Crippen LogP contribution in [0.3, 0.4) is 0 Å². The number of nitrogens with zero attached hydrogens (tertiary/aromatic N) is 4. The standard InChI is InChI=1S/C21H25N5O/c1-20(2)14-9-10-21(20,19(27)24-13-7-5-3-4-6-8-13)18-17(14)25-15(11-22)16(12-23)26-18/h13-14H,3-10H2,1-2H3,(H,24,27). The summed E-state index contributed by atoms with van der Waals surface area (Å²) in [5.41, 5.74) is 0.389. The van der Waals surface area contributed by atoms with E-state index in [0.717, 1.165) is 44.2 Å². The summed E-state index contributed by atoms with van der Waals surface area (Å²) in [7, 11) is 0. The first kappa shape index (κ1) is 17.9. The van der Waals surface area contributed by atoms with Crippen LogP contribution >= 0.6 is 0 Å². The van der Waals surface area contributed by atoms with Crippen LogP contribution in [0.5, 0.6) is 0 Å². The van der Waals surface area contributed by atoms with Gasteiger partial charge in [-0.1, -0.05) is 39.5 Å². The van der Waals surface area contributed by atoms with Crippen LogP contribution in [0.25, 0.3) is 0 Å². The van der Waals surface area contributed by atoms with Gasteiger partial charge in [0.15, 0.2) is 11.4 Å². The van der Waals surface area contributed by atoms with Crippen molar-refractivity contribution in [3.63, 3.8) is 0 Å². The lowest BCUT2D eigenvalue weighted by molar-refractivity contribution is -0.130. The number of hydrogen-bond donors (Lipinski definition) is 1. The van der Waals surface area contributed by atoms with Crippen molar-refractivity contribution in [3.8, 4) is 12.1 Å². The van der Waals surface area contributed by atoms with Gasteiger partial charge >= 0.3 is 0 Å². The lowest BCUT2D eigenvalue weighted by Gasteiger charge is -2.37. The minimum atomic E-state index is -0.758. The van der Waals surface area contributed by atoms with E-state index in [0.29, 0.717) is 5.69 Å². The van der Waals surface area contributed by atoms with Crippen molar-refractivity contribution >= 4 is 5.91 Å². The smallest absolute Gasteiger partial charge is 0.233 e. The first-order valence-corrected chi connectivity index (χ1v) is 9.99. The van der Waals surface area contributed by atoms with Gasteiger partial charge in [0.1, 0.15) is 12.1 Å². The average molecular weight is 363 g/mol. The molecule has 2 saturated carbocycles. The Labute approximate surface area is 160 Å². The Balaban J connectivity index is 1.76. The van der Waals surface area contributed by atoms with Gasteiger partial charge in [0.05, 0.1) is 16.8 Å². The summed E-state index contributed by atoms with van der Waals surface area (Å²) in [6.45, 7) is 4.22. The lowest BCUT2D eigenvalue weighted by atomic mass is 9.67. The molecule has 1 aromatic heterocycles. The predicted molar refractivity (Wildman–Crippen MR) is 98.5 cm³/mol. The third-order valence-electron chi connectivity index (χ3n) is 7.23. The molecule has 3 aliphatic carbocycles. The minimum Gasteiger partial charge on any atom is -0.353 e. The zero-order valence-corrected chi connectivity index (χ0v) is 16.0. The molecule has 2 bridgehead atoms. The summed E-state index contributed by atoms with van der Waals surface area (Å²) in [4.78, 5) is 22.6. The van der Waals surface area contributed by atoms with Crippen molar-refractivity contribution in [1.29, 1.82) is 10.5 Å². The number of carbonyl (C=O) groups excluding carboxylic acids is 1. The van der Waals surface area contributed by atoms with Gasteiger partial charge in [0.2, 0.25) is 5.91 Å². The second kappa shape index (κ2) is 6.30. The van der Waals surface area contributed by atoms with Crippen molar-refractivity contribution in [2.45, 2.75) is 82.6 Å². The molecule has 0 spiro atoms. The van der Waals surface area contributed by atoms with Crippen molar-refractivity contribution in [2.24, 2.45) is 5.41 Å². The van der Waals surface area contributed by atoms with E-state index in [1.165, 1.54) is 12.8 Å². The second-order valence-corrected chi connectivity index (χ2v) is 8.76. The molecule has 0 aromatic carbocycles. The van der Waals surface area contributed by atoms with E-state index in [1.54, 1.807) is 0 Å². The van der Waals surface area contributed by atoms with Crippen LogP contribution in [0.15, 0.2) is 0 Å². The Kier molecular flexibility index (Phi) is 4.18. The molecule has 6 heteroatoms. The molecule has 0 saturated heterocycles. The Morgan fingerprint density at radius 2 is 1.67 bits per heavy atom. The van der Waals surface area contributed by atoms with E-state index < -0.39 is 5.41 Å². The zero-order valence-electron chi connectivity index (χ0n) is 16.0. The van der Waals surface area contributed by atoms with E-state index in [4.69, 9.17) is 0 Å². The predicted octanol–water partition coefficient (Wildman–Crippen LogP) is 3.21. The van der Waals surface area contributed by atoms with Crippen LogP contribution in [0, 0.1) is 28.1 Å². The maximum absolute atomic E-state index is 13.6. The van der Waals surface area contributed by atoms with Crippen molar-refractivity contribution in [3.05, 3.63) is 22.8 Å². The molecular weight excluding hydrogens is 338 g/mol. The number of rotatable bonds is 2. The highest BCUT2D eigenvalue weighted by molar-refractivity contribution is 5.91. The molecule has 1 aromatic rings. The molecule has 140 valence electrons. The van der Waals surface area contributed by atoms with Gasteiger partial charge in [-0.25, -0.2) is 9.97 Å². The monoisotopic (exact) mass is 363 g/mol. The highest BCUT2D eigenvalue weighted by Crippen LogP contribution is 2.67. The molecule has 0 radical (unpaired) electrons. The molecule has 2 fully saturated rings.